The molecule has 5 nitrogen and oxygen atoms in total. The lowest BCUT2D eigenvalue weighted by Crippen LogP contribution is -2.12. The number of aryl methyl sites for hydroxylation is 1. The Morgan fingerprint density at radius 3 is 2.27 bits per heavy atom. The predicted molar refractivity (Wildman–Crippen MR) is 121 cm³/mol. The first-order valence-electron chi connectivity index (χ1n) is 9.83. The van der Waals surface area contributed by atoms with Crippen LogP contribution in [0.5, 0.6) is 0 Å². The summed E-state index contributed by atoms with van der Waals surface area (Å²) >= 11 is 0. The highest BCUT2D eigenvalue weighted by Crippen LogP contribution is 2.34. The standard InChI is InChI=1S/C24H25N3O2S/c1-17-4-6-18(7-5-17)22-16-23(19-12-14-24(2,3)15-13-19)27(26-22)20-8-10-21(11-9-20)30(25,28)29/h4-14,16H,15H2,1-3H3,(H2,25,28,29). The quantitative estimate of drug-likeness (QED) is 0.656. The molecule has 1 aliphatic carbocycles. The van der Waals surface area contributed by atoms with Crippen LogP contribution in [-0.4, -0.2) is 18.2 Å². The number of hydrogen-bond donors (Lipinski definition) is 1. The van der Waals surface area contributed by atoms with Gasteiger partial charge in [0.15, 0.2) is 0 Å². The van der Waals surface area contributed by atoms with Gasteiger partial charge in [-0.1, -0.05) is 61.9 Å². The Bertz CT molecular complexity index is 1250. The van der Waals surface area contributed by atoms with Crippen molar-refractivity contribution in [1.82, 2.24) is 9.78 Å². The zero-order chi connectivity index (χ0) is 21.5. The summed E-state index contributed by atoms with van der Waals surface area (Å²) in [6, 6.07) is 16.8. The molecule has 0 saturated carbocycles. The Kier molecular flexibility index (Phi) is 5.00. The predicted octanol–water partition coefficient (Wildman–Crippen LogP) is 4.86. The molecule has 154 valence electrons. The molecule has 0 amide bonds. The van der Waals surface area contributed by atoms with Crippen LogP contribution in [0, 0.1) is 12.3 Å². The lowest BCUT2D eigenvalue weighted by molar-refractivity contribution is 0.485. The van der Waals surface area contributed by atoms with Gasteiger partial charge in [-0.25, -0.2) is 18.2 Å². The van der Waals surface area contributed by atoms with Crippen LogP contribution in [0.15, 0.2) is 77.7 Å². The van der Waals surface area contributed by atoms with Crippen molar-refractivity contribution in [3.63, 3.8) is 0 Å². The van der Waals surface area contributed by atoms with E-state index in [0.717, 1.165) is 34.6 Å². The summed E-state index contributed by atoms with van der Waals surface area (Å²) in [6.45, 7) is 6.47. The van der Waals surface area contributed by atoms with Crippen molar-refractivity contribution in [1.29, 1.82) is 0 Å². The third kappa shape index (κ3) is 4.15. The fourth-order valence-corrected chi connectivity index (χ4v) is 3.96. The molecular formula is C24H25N3O2S. The van der Waals surface area contributed by atoms with Crippen molar-refractivity contribution in [2.45, 2.75) is 32.1 Å². The van der Waals surface area contributed by atoms with E-state index in [1.165, 1.54) is 17.7 Å². The molecule has 2 aromatic carbocycles. The molecule has 0 radical (unpaired) electrons. The molecule has 30 heavy (non-hydrogen) atoms. The molecule has 1 aliphatic rings. The van der Waals surface area contributed by atoms with E-state index < -0.39 is 10.0 Å². The average molecular weight is 420 g/mol. The number of nitrogens with two attached hydrogens (primary N) is 1. The van der Waals surface area contributed by atoms with Crippen LogP contribution in [0.25, 0.3) is 22.5 Å². The summed E-state index contributed by atoms with van der Waals surface area (Å²) < 4.78 is 25.1. The topological polar surface area (TPSA) is 78.0 Å². The van der Waals surface area contributed by atoms with Crippen LogP contribution in [0.4, 0.5) is 0 Å². The van der Waals surface area contributed by atoms with Crippen LogP contribution < -0.4 is 5.14 Å². The first-order chi connectivity index (χ1) is 14.1. The van der Waals surface area contributed by atoms with Crippen molar-refractivity contribution in [3.8, 4) is 16.9 Å². The van der Waals surface area contributed by atoms with E-state index >= 15 is 0 Å². The van der Waals surface area contributed by atoms with Crippen molar-refractivity contribution >= 4 is 15.6 Å². The third-order valence-corrected chi connectivity index (χ3v) is 6.25. The van der Waals surface area contributed by atoms with Crippen molar-refractivity contribution in [2.75, 3.05) is 0 Å². The molecule has 1 aromatic heterocycles. The van der Waals surface area contributed by atoms with Gasteiger partial charge in [0.2, 0.25) is 10.0 Å². The maximum Gasteiger partial charge on any atom is 0.238 e. The number of aromatic nitrogens is 2. The Balaban J connectivity index is 1.83. The number of primary sulfonamides is 1. The fraction of sp³-hybridized carbons (Fsp3) is 0.208. The van der Waals surface area contributed by atoms with Crippen LogP contribution in [0.2, 0.25) is 0 Å². The SMILES string of the molecule is Cc1ccc(-c2cc(C3=CCC(C)(C)C=C3)n(-c3ccc(S(N)(=O)=O)cc3)n2)cc1. The normalized spacial score (nSPS) is 15.8. The van der Waals surface area contributed by atoms with Gasteiger partial charge in [-0.15, -0.1) is 0 Å². The highest BCUT2D eigenvalue weighted by atomic mass is 32.2. The minimum atomic E-state index is -3.74. The molecule has 0 bridgehead atoms. The molecule has 0 fully saturated rings. The number of hydrogen-bond acceptors (Lipinski definition) is 3. The monoisotopic (exact) mass is 419 g/mol. The lowest BCUT2D eigenvalue weighted by Gasteiger charge is -2.23. The van der Waals surface area contributed by atoms with E-state index in [1.54, 1.807) is 12.1 Å². The zero-order valence-corrected chi connectivity index (χ0v) is 18.1. The first kappa shape index (κ1) is 20.3. The maximum absolute atomic E-state index is 11.6. The summed E-state index contributed by atoms with van der Waals surface area (Å²) in [4.78, 5) is 0.0808. The molecular weight excluding hydrogens is 394 g/mol. The molecule has 3 aromatic rings. The Morgan fingerprint density at radius 2 is 1.70 bits per heavy atom. The molecule has 6 heteroatoms. The minimum Gasteiger partial charge on any atom is -0.232 e. The minimum absolute atomic E-state index is 0.0808. The number of benzene rings is 2. The van der Waals surface area contributed by atoms with Gasteiger partial charge in [0.05, 0.1) is 22.0 Å². The number of allylic oxidation sites excluding steroid dienone is 4. The second-order valence-electron chi connectivity index (χ2n) is 8.42. The molecule has 0 saturated heterocycles. The Labute approximate surface area is 177 Å². The van der Waals surface area contributed by atoms with E-state index in [1.807, 2.05) is 4.68 Å². The molecule has 1 heterocycles. The van der Waals surface area contributed by atoms with Crippen molar-refractivity contribution in [3.05, 3.63) is 84.1 Å². The van der Waals surface area contributed by atoms with Gasteiger partial charge >= 0.3 is 0 Å². The molecule has 0 spiro atoms. The summed E-state index contributed by atoms with van der Waals surface area (Å²) in [5, 5.41) is 10.1. The second-order valence-corrected chi connectivity index (χ2v) is 9.98. The average Bonchev–Trinajstić information content (AvgIpc) is 3.13. The largest absolute Gasteiger partial charge is 0.238 e. The number of sulfonamides is 1. The van der Waals surface area contributed by atoms with Gasteiger partial charge in [0.25, 0.3) is 0 Å². The molecule has 2 N–H and O–H groups in total. The van der Waals surface area contributed by atoms with E-state index in [9.17, 15) is 8.42 Å². The van der Waals surface area contributed by atoms with Crippen LogP contribution >= 0.6 is 0 Å². The highest BCUT2D eigenvalue weighted by molar-refractivity contribution is 7.89. The van der Waals surface area contributed by atoms with Gasteiger partial charge in [0, 0.05) is 5.56 Å². The van der Waals surface area contributed by atoms with Gasteiger partial charge in [-0.05, 0) is 54.7 Å². The van der Waals surface area contributed by atoms with Crippen molar-refractivity contribution < 1.29 is 8.42 Å². The molecule has 0 aliphatic heterocycles. The van der Waals surface area contributed by atoms with E-state index in [-0.39, 0.29) is 10.3 Å². The molecule has 0 unspecified atom stereocenters. The van der Waals surface area contributed by atoms with Crippen LogP contribution in [-0.2, 0) is 10.0 Å². The summed E-state index contributed by atoms with van der Waals surface area (Å²) in [5.74, 6) is 0. The molecule has 0 atom stereocenters. The summed E-state index contributed by atoms with van der Waals surface area (Å²) in [5.41, 5.74) is 6.04. The molecule has 4 rings (SSSR count). The van der Waals surface area contributed by atoms with E-state index in [0.29, 0.717) is 0 Å². The third-order valence-electron chi connectivity index (χ3n) is 5.32. The van der Waals surface area contributed by atoms with Gasteiger partial charge in [0.1, 0.15) is 0 Å². The lowest BCUT2D eigenvalue weighted by atomic mass is 9.83. The number of nitrogens with zero attached hydrogens (tertiary/aromatic N) is 2. The van der Waals surface area contributed by atoms with Crippen molar-refractivity contribution in [2.24, 2.45) is 10.6 Å². The highest BCUT2D eigenvalue weighted by Gasteiger charge is 2.20. The number of rotatable bonds is 4. The van der Waals surface area contributed by atoms with Gasteiger partial charge in [-0.3, -0.25) is 0 Å². The van der Waals surface area contributed by atoms with E-state index in [4.69, 9.17) is 10.2 Å². The van der Waals surface area contributed by atoms with E-state index in [2.05, 4.69) is 69.3 Å². The summed E-state index contributed by atoms with van der Waals surface area (Å²) in [6.07, 6.45) is 7.52. The van der Waals surface area contributed by atoms with Gasteiger partial charge in [-0.2, -0.15) is 5.10 Å². The van der Waals surface area contributed by atoms with Crippen LogP contribution in [0.1, 0.15) is 31.5 Å². The maximum atomic E-state index is 11.6. The Morgan fingerprint density at radius 1 is 1.03 bits per heavy atom. The Hall–Kier alpha value is -2.96. The van der Waals surface area contributed by atoms with Gasteiger partial charge < -0.3 is 0 Å². The zero-order valence-electron chi connectivity index (χ0n) is 17.3. The first-order valence-corrected chi connectivity index (χ1v) is 11.4. The second kappa shape index (κ2) is 7.38. The summed E-state index contributed by atoms with van der Waals surface area (Å²) in [7, 11) is -3.74. The fourth-order valence-electron chi connectivity index (χ4n) is 3.44. The van der Waals surface area contributed by atoms with Crippen LogP contribution in [0.3, 0.4) is 0 Å². The smallest absolute Gasteiger partial charge is 0.232 e.